The summed E-state index contributed by atoms with van der Waals surface area (Å²) in [5.41, 5.74) is 4.19. The van der Waals surface area contributed by atoms with Gasteiger partial charge < -0.3 is 4.90 Å². The number of rotatable bonds is 3. The molecule has 0 bridgehead atoms. The van der Waals surface area contributed by atoms with Gasteiger partial charge in [-0.2, -0.15) is 0 Å². The first-order valence-electron chi connectivity index (χ1n) is 11.7. The van der Waals surface area contributed by atoms with Crippen LogP contribution in [0.4, 0.5) is 5.00 Å². The summed E-state index contributed by atoms with van der Waals surface area (Å²) < 4.78 is 0. The van der Waals surface area contributed by atoms with E-state index < -0.39 is 0 Å². The first kappa shape index (κ1) is 21.7. The molecule has 1 aliphatic carbocycles. The van der Waals surface area contributed by atoms with E-state index in [0.29, 0.717) is 5.02 Å². The van der Waals surface area contributed by atoms with Crippen LogP contribution in [0.2, 0.25) is 5.02 Å². The summed E-state index contributed by atoms with van der Waals surface area (Å²) in [4.78, 5) is 36.2. The fraction of sp³-hybridized carbons (Fsp3) is 0.480. The van der Waals surface area contributed by atoms with Crippen LogP contribution in [0.5, 0.6) is 0 Å². The first-order valence-corrected chi connectivity index (χ1v) is 12.8. The van der Waals surface area contributed by atoms with E-state index in [-0.39, 0.29) is 24.9 Å². The van der Waals surface area contributed by atoms with Crippen molar-refractivity contribution in [1.82, 2.24) is 4.90 Å². The van der Waals surface area contributed by atoms with Gasteiger partial charge in [0.15, 0.2) is 0 Å². The van der Waals surface area contributed by atoms with Crippen molar-refractivity contribution < 1.29 is 9.59 Å². The number of halogens is 1. The molecule has 0 N–H and O–H groups in total. The van der Waals surface area contributed by atoms with Crippen LogP contribution in [0.1, 0.15) is 60.1 Å². The van der Waals surface area contributed by atoms with Crippen molar-refractivity contribution in [2.24, 2.45) is 4.99 Å². The second-order valence-corrected chi connectivity index (χ2v) is 10.4. The predicted octanol–water partition coefficient (Wildman–Crippen LogP) is 4.87. The zero-order valence-corrected chi connectivity index (χ0v) is 19.8. The highest BCUT2D eigenvalue weighted by atomic mass is 35.5. The van der Waals surface area contributed by atoms with Gasteiger partial charge in [-0.1, -0.05) is 36.6 Å². The molecule has 5 rings (SSSR count). The molecule has 2 aliphatic heterocycles. The zero-order chi connectivity index (χ0) is 22.1. The standard InChI is InChI=1S/C25H28ClN3O2S/c26-18-11-9-17(10-12-18)24-23-19-7-3-4-8-20(19)32-25(23)29(21(30)15-27-24)16-22(31)28-13-5-1-2-6-14-28/h9-12H,1-8,13-16H2. The molecule has 2 aromatic rings. The number of anilines is 1. The molecular formula is C25H28ClN3O2S. The van der Waals surface area contributed by atoms with E-state index in [1.807, 2.05) is 29.2 Å². The zero-order valence-electron chi connectivity index (χ0n) is 18.2. The third kappa shape index (κ3) is 4.23. The van der Waals surface area contributed by atoms with Gasteiger partial charge in [0.05, 0.1) is 5.71 Å². The van der Waals surface area contributed by atoms with E-state index in [0.717, 1.165) is 67.0 Å². The lowest BCUT2D eigenvalue weighted by molar-refractivity contribution is -0.131. The Bertz CT molecular complexity index is 1050. The minimum absolute atomic E-state index is 0.0486. The summed E-state index contributed by atoms with van der Waals surface area (Å²) in [6.07, 6.45) is 8.77. The van der Waals surface area contributed by atoms with Gasteiger partial charge in [0.1, 0.15) is 18.1 Å². The molecule has 1 saturated heterocycles. The van der Waals surface area contributed by atoms with E-state index in [1.165, 1.54) is 29.7 Å². The monoisotopic (exact) mass is 469 g/mol. The molecule has 3 aliphatic rings. The molecule has 1 fully saturated rings. The van der Waals surface area contributed by atoms with Crippen molar-refractivity contribution in [2.45, 2.75) is 51.4 Å². The van der Waals surface area contributed by atoms with Crippen LogP contribution in [-0.4, -0.2) is 48.6 Å². The van der Waals surface area contributed by atoms with Gasteiger partial charge in [-0.25, -0.2) is 0 Å². The summed E-state index contributed by atoms with van der Waals surface area (Å²) in [6.45, 7) is 1.75. The fourth-order valence-electron chi connectivity index (χ4n) is 4.97. The number of carbonyl (C=O) groups is 2. The summed E-state index contributed by atoms with van der Waals surface area (Å²) in [5.74, 6) is -0.0514. The Labute approximate surface area is 198 Å². The average molecular weight is 470 g/mol. The highest BCUT2D eigenvalue weighted by Gasteiger charge is 2.34. The molecule has 0 atom stereocenters. The lowest BCUT2D eigenvalue weighted by atomic mass is 9.91. The molecule has 0 unspecified atom stereocenters. The highest BCUT2D eigenvalue weighted by Crippen LogP contribution is 2.42. The van der Waals surface area contributed by atoms with E-state index in [2.05, 4.69) is 0 Å². The molecule has 7 heteroatoms. The highest BCUT2D eigenvalue weighted by molar-refractivity contribution is 7.17. The quantitative estimate of drug-likeness (QED) is 0.644. The molecule has 0 saturated carbocycles. The van der Waals surface area contributed by atoms with Crippen molar-refractivity contribution in [1.29, 1.82) is 0 Å². The minimum atomic E-state index is -0.100. The van der Waals surface area contributed by atoms with Gasteiger partial charge in [-0.05, 0) is 56.2 Å². The summed E-state index contributed by atoms with van der Waals surface area (Å²) in [5, 5.41) is 1.58. The maximum absolute atomic E-state index is 13.2. The van der Waals surface area contributed by atoms with Gasteiger partial charge in [0.2, 0.25) is 11.8 Å². The van der Waals surface area contributed by atoms with Crippen LogP contribution in [0.3, 0.4) is 0 Å². The maximum atomic E-state index is 13.2. The molecule has 1 aromatic heterocycles. The van der Waals surface area contributed by atoms with E-state index in [1.54, 1.807) is 16.2 Å². The number of thiophene rings is 1. The maximum Gasteiger partial charge on any atom is 0.249 e. The van der Waals surface area contributed by atoms with Crippen LogP contribution in [0.25, 0.3) is 0 Å². The Kier molecular flexibility index (Phi) is 6.33. The van der Waals surface area contributed by atoms with Crippen LogP contribution >= 0.6 is 22.9 Å². The largest absolute Gasteiger partial charge is 0.341 e. The fourth-order valence-corrected chi connectivity index (χ4v) is 6.50. The second kappa shape index (κ2) is 9.36. The van der Waals surface area contributed by atoms with E-state index in [4.69, 9.17) is 16.6 Å². The van der Waals surface area contributed by atoms with Crippen LogP contribution in [0, 0.1) is 0 Å². The number of aryl methyl sites for hydroxylation is 1. The normalized spacial score (nSPS) is 19.0. The molecule has 32 heavy (non-hydrogen) atoms. The summed E-state index contributed by atoms with van der Waals surface area (Å²) in [6, 6.07) is 7.68. The number of nitrogens with zero attached hydrogens (tertiary/aromatic N) is 3. The number of hydrogen-bond acceptors (Lipinski definition) is 4. The van der Waals surface area contributed by atoms with Crippen molar-refractivity contribution in [3.8, 4) is 0 Å². The van der Waals surface area contributed by atoms with Crippen molar-refractivity contribution in [3.63, 3.8) is 0 Å². The third-order valence-electron chi connectivity index (χ3n) is 6.68. The second-order valence-electron chi connectivity index (χ2n) is 8.84. The van der Waals surface area contributed by atoms with E-state index >= 15 is 0 Å². The lowest BCUT2D eigenvalue weighted by Crippen LogP contribution is -2.43. The van der Waals surface area contributed by atoms with Crippen LogP contribution in [-0.2, 0) is 22.4 Å². The number of hydrogen-bond donors (Lipinski definition) is 0. The molecule has 3 heterocycles. The molecule has 1 aromatic carbocycles. The number of benzene rings is 1. The number of amides is 2. The van der Waals surface area contributed by atoms with E-state index in [9.17, 15) is 9.59 Å². The van der Waals surface area contributed by atoms with Crippen molar-refractivity contribution in [2.75, 3.05) is 31.1 Å². The molecule has 0 radical (unpaired) electrons. The molecule has 2 amide bonds. The predicted molar refractivity (Wildman–Crippen MR) is 130 cm³/mol. The number of fused-ring (bicyclic) bond motifs is 3. The topological polar surface area (TPSA) is 53.0 Å². The Morgan fingerprint density at radius 3 is 2.47 bits per heavy atom. The third-order valence-corrected chi connectivity index (χ3v) is 8.24. The van der Waals surface area contributed by atoms with Crippen molar-refractivity contribution in [3.05, 3.63) is 50.9 Å². The molecular weight excluding hydrogens is 442 g/mol. The van der Waals surface area contributed by atoms with Gasteiger partial charge in [0.25, 0.3) is 0 Å². The van der Waals surface area contributed by atoms with Gasteiger partial charge >= 0.3 is 0 Å². The number of carbonyl (C=O) groups excluding carboxylic acids is 2. The average Bonchev–Trinajstić information content (AvgIpc) is 2.93. The first-order chi connectivity index (χ1) is 15.6. The van der Waals surface area contributed by atoms with Gasteiger partial charge in [-0.15, -0.1) is 11.3 Å². The number of likely N-dealkylation sites (tertiary alicyclic amines) is 1. The molecule has 0 spiro atoms. The Morgan fingerprint density at radius 2 is 1.72 bits per heavy atom. The van der Waals surface area contributed by atoms with Gasteiger partial charge in [0, 0.05) is 34.1 Å². The lowest BCUT2D eigenvalue weighted by Gasteiger charge is -2.25. The Balaban J connectivity index is 1.54. The van der Waals surface area contributed by atoms with Crippen LogP contribution in [0.15, 0.2) is 29.3 Å². The smallest absolute Gasteiger partial charge is 0.249 e. The summed E-state index contributed by atoms with van der Waals surface area (Å²) >= 11 is 7.81. The number of aliphatic imine (C=N–C) groups is 1. The van der Waals surface area contributed by atoms with Crippen molar-refractivity contribution >= 4 is 45.5 Å². The SMILES string of the molecule is O=C(CN1C(=O)CN=C(c2ccc(Cl)cc2)c2c1sc1c2CCCC1)N1CCCCCC1. The Morgan fingerprint density at radius 1 is 1.00 bits per heavy atom. The molecule has 5 nitrogen and oxygen atoms in total. The van der Waals surface area contributed by atoms with Gasteiger partial charge in [-0.3, -0.25) is 19.5 Å². The minimum Gasteiger partial charge on any atom is -0.341 e. The summed E-state index contributed by atoms with van der Waals surface area (Å²) in [7, 11) is 0. The molecule has 168 valence electrons. The van der Waals surface area contributed by atoms with Crippen LogP contribution < -0.4 is 4.90 Å². The Hall–Kier alpha value is -2.18.